The van der Waals surface area contributed by atoms with E-state index in [1.54, 1.807) is 0 Å². The van der Waals surface area contributed by atoms with Crippen LogP contribution in [0.1, 0.15) is 39.0 Å². The van der Waals surface area contributed by atoms with Crippen LogP contribution >= 0.6 is 0 Å². The van der Waals surface area contributed by atoms with Crippen molar-refractivity contribution in [2.24, 2.45) is 11.8 Å². The van der Waals surface area contributed by atoms with E-state index in [-0.39, 0.29) is 18.0 Å². The number of likely N-dealkylation sites (tertiary alicyclic amines) is 1. The number of carbonyl (C=O) groups is 1. The van der Waals surface area contributed by atoms with Gasteiger partial charge in [-0.3, -0.25) is 0 Å². The molecule has 2 amide bonds. The maximum atomic E-state index is 12.1. The van der Waals surface area contributed by atoms with E-state index < -0.39 is 0 Å². The number of hydrogen-bond acceptors (Lipinski definition) is 2. The fourth-order valence-corrected chi connectivity index (χ4v) is 2.91. The summed E-state index contributed by atoms with van der Waals surface area (Å²) in [6.07, 6.45) is 5.25. The first-order chi connectivity index (χ1) is 8.20. The molecule has 0 aromatic rings. The molecule has 1 aliphatic carbocycles. The van der Waals surface area contributed by atoms with E-state index in [9.17, 15) is 4.79 Å². The SMILES string of the molecule is CC1CCCN(C(=O)NC2CCCC2C#N)C1. The van der Waals surface area contributed by atoms with Crippen LogP contribution in [0, 0.1) is 23.2 Å². The van der Waals surface area contributed by atoms with E-state index >= 15 is 0 Å². The van der Waals surface area contributed by atoms with Crippen molar-refractivity contribution in [1.82, 2.24) is 10.2 Å². The van der Waals surface area contributed by atoms with Crippen LogP contribution in [0.15, 0.2) is 0 Å². The zero-order valence-corrected chi connectivity index (χ0v) is 10.5. The highest BCUT2D eigenvalue weighted by atomic mass is 16.2. The second-order valence-electron chi connectivity index (χ2n) is 5.42. The third-order valence-electron chi connectivity index (χ3n) is 3.93. The fraction of sp³-hybridized carbons (Fsp3) is 0.846. The van der Waals surface area contributed by atoms with Gasteiger partial charge in [0.2, 0.25) is 0 Å². The molecule has 1 heterocycles. The molecule has 1 aliphatic heterocycles. The minimum absolute atomic E-state index is 0.0150. The predicted octanol–water partition coefficient (Wildman–Crippen LogP) is 2.12. The molecule has 1 saturated heterocycles. The van der Waals surface area contributed by atoms with Gasteiger partial charge in [-0.2, -0.15) is 5.26 Å². The van der Waals surface area contributed by atoms with E-state index in [2.05, 4.69) is 18.3 Å². The molecule has 0 bridgehead atoms. The van der Waals surface area contributed by atoms with Crippen molar-refractivity contribution >= 4 is 6.03 Å². The van der Waals surface area contributed by atoms with Gasteiger partial charge in [0.05, 0.1) is 12.0 Å². The first-order valence-electron chi connectivity index (χ1n) is 6.65. The van der Waals surface area contributed by atoms with Crippen molar-refractivity contribution < 1.29 is 4.79 Å². The number of piperidine rings is 1. The minimum atomic E-state index is 0.0150. The highest BCUT2D eigenvalue weighted by molar-refractivity contribution is 5.74. The molecule has 2 rings (SSSR count). The Kier molecular flexibility index (Phi) is 3.88. The first-order valence-corrected chi connectivity index (χ1v) is 6.65. The fourth-order valence-electron chi connectivity index (χ4n) is 2.91. The van der Waals surface area contributed by atoms with E-state index in [1.807, 2.05) is 4.90 Å². The van der Waals surface area contributed by atoms with Crippen LogP contribution in [0.2, 0.25) is 0 Å². The van der Waals surface area contributed by atoms with Crippen LogP contribution in [0.3, 0.4) is 0 Å². The molecule has 4 nitrogen and oxygen atoms in total. The first kappa shape index (κ1) is 12.2. The Bertz CT molecular complexity index is 323. The molecule has 2 aliphatic rings. The Balaban J connectivity index is 1.86. The van der Waals surface area contributed by atoms with Crippen molar-refractivity contribution in [3.63, 3.8) is 0 Å². The smallest absolute Gasteiger partial charge is 0.317 e. The number of amides is 2. The average molecular weight is 235 g/mol. The molecular formula is C13H21N3O. The van der Waals surface area contributed by atoms with Gasteiger partial charge in [-0.1, -0.05) is 6.92 Å². The quantitative estimate of drug-likeness (QED) is 0.757. The van der Waals surface area contributed by atoms with Crippen molar-refractivity contribution in [3.8, 4) is 6.07 Å². The number of urea groups is 1. The maximum absolute atomic E-state index is 12.1. The summed E-state index contributed by atoms with van der Waals surface area (Å²) in [7, 11) is 0. The molecule has 4 heteroatoms. The van der Waals surface area contributed by atoms with Gasteiger partial charge in [0.15, 0.2) is 0 Å². The standard InChI is InChI=1S/C13H21N3O/c1-10-4-3-7-16(9-10)13(17)15-12-6-2-5-11(12)8-14/h10-12H,2-7,9H2,1H3,(H,15,17). The molecule has 17 heavy (non-hydrogen) atoms. The lowest BCUT2D eigenvalue weighted by Gasteiger charge is -2.32. The Hall–Kier alpha value is -1.24. The van der Waals surface area contributed by atoms with Gasteiger partial charge in [-0.15, -0.1) is 0 Å². The average Bonchev–Trinajstić information content (AvgIpc) is 2.76. The lowest BCUT2D eigenvalue weighted by Crippen LogP contribution is -2.49. The highest BCUT2D eigenvalue weighted by Crippen LogP contribution is 2.25. The van der Waals surface area contributed by atoms with Crippen LogP contribution in [0.5, 0.6) is 0 Å². The Morgan fingerprint density at radius 2 is 2.18 bits per heavy atom. The van der Waals surface area contributed by atoms with Crippen LogP contribution in [-0.4, -0.2) is 30.1 Å². The molecule has 94 valence electrons. The van der Waals surface area contributed by atoms with Crippen LogP contribution in [0.25, 0.3) is 0 Å². The van der Waals surface area contributed by atoms with Gasteiger partial charge in [-0.25, -0.2) is 4.79 Å². The van der Waals surface area contributed by atoms with Gasteiger partial charge in [0.25, 0.3) is 0 Å². The molecule has 1 saturated carbocycles. The van der Waals surface area contributed by atoms with Gasteiger partial charge in [-0.05, 0) is 38.0 Å². The summed E-state index contributed by atoms with van der Waals surface area (Å²) in [5.74, 6) is 0.617. The molecule has 3 atom stereocenters. The van der Waals surface area contributed by atoms with Crippen LogP contribution < -0.4 is 5.32 Å². The Labute approximate surface area is 103 Å². The summed E-state index contributed by atoms with van der Waals surface area (Å²) in [5.41, 5.74) is 0. The molecule has 1 N–H and O–H groups in total. The van der Waals surface area contributed by atoms with Crippen molar-refractivity contribution in [1.29, 1.82) is 5.26 Å². The third kappa shape index (κ3) is 2.91. The van der Waals surface area contributed by atoms with Crippen molar-refractivity contribution in [2.45, 2.75) is 45.1 Å². The number of carbonyl (C=O) groups excluding carboxylic acids is 1. The number of nitriles is 1. The van der Waals surface area contributed by atoms with Gasteiger partial charge >= 0.3 is 6.03 Å². The lowest BCUT2D eigenvalue weighted by molar-refractivity contribution is 0.165. The minimum Gasteiger partial charge on any atom is -0.334 e. The van der Waals surface area contributed by atoms with Gasteiger partial charge in [0.1, 0.15) is 0 Å². The number of nitrogens with zero attached hydrogens (tertiary/aromatic N) is 2. The highest BCUT2D eigenvalue weighted by Gasteiger charge is 2.30. The topological polar surface area (TPSA) is 56.1 Å². The van der Waals surface area contributed by atoms with Crippen molar-refractivity contribution in [2.75, 3.05) is 13.1 Å². The van der Waals surface area contributed by atoms with Crippen LogP contribution in [-0.2, 0) is 0 Å². The zero-order valence-electron chi connectivity index (χ0n) is 10.5. The zero-order chi connectivity index (χ0) is 12.3. The van der Waals surface area contributed by atoms with E-state index in [0.717, 1.165) is 38.8 Å². The summed E-state index contributed by atoms with van der Waals surface area (Å²) in [6, 6.07) is 2.40. The van der Waals surface area contributed by atoms with E-state index in [1.165, 1.54) is 6.42 Å². The Morgan fingerprint density at radius 1 is 1.35 bits per heavy atom. The molecule has 0 aromatic heterocycles. The lowest BCUT2D eigenvalue weighted by atomic mass is 10.0. The number of hydrogen-bond donors (Lipinski definition) is 1. The normalized spacial score (nSPS) is 33.2. The predicted molar refractivity (Wildman–Crippen MR) is 65.2 cm³/mol. The summed E-state index contributed by atoms with van der Waals surface area (Å²) >= 11 is 0. The second-order valence-corrected chi connectivity index (χ2v) is 5.42. The van der Waals surface area contributed by atoms with Crippen LogP contribution in [0.4, 0.5) is 4.79 Å². The summed E-state index contributed by atoms with van der Waals surface area (Å²) in [6.45, 7) is 3.91. The van der Waals surface area contributed by atoms with E-state index in [4.69, 9.17) is 5.26 Å². The molecule has 0 aromatic carbocycles. The summed E-state index contributed by atoms with van der Waals surface area (Å²) < 4.78 is 0. The number of nitrogens with one attached hydrogen (secondary N) is 1. The van der Waals surface area contributed by atoms with Gasteiger partial charge in [0, 0.05) is 19.1 Å². The summed E-state index contributed by atoms with van der Waals surface area (Å²) in [5, 5.41) is 12.0. The van der Waals surface area contributed by atoms with Gasteiger partial charge < -0.3 is 10.2 Å². The van der Waals surface area contributed by atoms with Crippen molar-refractivity contribution in [3.05, 3.63) is 0 Å². The third-order valence-corrected chi connectivity index (χ3v) is 3.93. The molecule has 2 fully saturated rings. The second kappa shape index (κ2) is 5.39. The van der Waals surface area contributed by atoms with E-state index in [0.29, 0.717) is 5.92 Å². The summed E-state index contributed by atoms with van der Waals surface area (Å²) in [4.78, 5) is 14.0. The maximum Gasteiger partial charge on any atom is 0.317 e. The molecule has 0 radical (unpaired) electrons. The molecule has 0 spiro atoms. The molecule has 3 unspecified atom stereocenters. The largest absolute Gasteiger partial charge is 0.334 e. The monoisotopic (exact) mass is 235 g/mol. The number of rotatable bonds is 1. The Morgan fingerprint density at radius 3 is 2.88 bits per heavy atom. The molecular weight excluding hydrogens is 214 g/mol.